The van der Waals surface area contributed by atoms with Crippen molar-refractivity contribution >= 4 is 26.1 Å². The van der Waals surface area contributed by atoms with Crippen molar-refractivity contribution in [1.29, 1.82) is 0 Å². The van der Waals surface area contributed by atoms with Crippen LogP contribution in [0.1, 0.15) is 12.8 Å². The van der Waals surface area contributed by atoms with Crippen molar-refractivity contribution < 1.29 is 20.7 Å². The smallest absolute Gasteiger partial charge is 0.270 e. The second-order valence-electron chi connectivity index (χ2n) is 3.93. The van der Waals surface area contributed by atoms with Gasteiger partial charge in [-0.15, -0.1) is 3.89 Å². The summed E-state index contributed by atoms with van der Waals surface area (Å²) in [6, 6.07) is 4.75. The number of para-hydroxylation sites is 1. The lowest BCUT2D eigenvalue weighted by atomic mass is 10.3. The average molecular weight is 294 g/mol. The summed E-state index contributed by atoms with van der Waals surface area (Å²) in [5.74, 6) is 0. The molecule has 9 heteroatoms. The van der Waals surface area contributed by atoms with Crippen molar-refractivity contribution in [3.05, 3.63) is 24.3 Å². The molecule has 1 fully saturated rings. The lowest BCUT2D eigenvalue weighted by Crippen LogP contribution is -2.32. The molecular formula is C9H11FN2O4S2. The van der Waals surface area contributed by atoms with Crippen LogP contribution in [0.2, 0.25) is 0 Å². The maximum Gasteiger partial charge on any atom is 0.334 e. The monoisotopic (exact) mass is 294 g/mol. The summed E-state index contributed by atoms with van der Waals surface area (Å²) in [6.45, 7) is 0. The second kappa shape index (κ2) is 4.48. The van der Waals surface area contributed by atoms with Crippen LogP contribution in [0.5, 0.6) is 0 Å². The first kappa shape index (κ1) is 13.2. The number of benzene rings is 1. The lowest BCUT2D eigenvalue weighted by molar-refractivity contribution is 0.552. The lowest BCUT2D eigenvalue weighted by Gasteiger charge is -2.10. The minimum atomic E-state index is -4.97. The van der Waals surface area contributed by atoms with Crippen LogP contribution in [0.4, 0.5) is 9.57 Å². The van der Waals surface area contributed by atoms with Crippen LogP contribution >= 0.6 is 0 Å². The molecule has 0 heterocycles. The summed E-state index contributed by atoms with van der Waals surface area (Å²) in [5, 5.41) is 0. The van der Waals surface area contributed by atoms with Gasteiger partial charge in [0.15, 0.2) is 0 Å². The van der Waals surface area contributed by atoms with Gasteiger partial charge in [0.05, 0.1) is 5.69 Å². The topological polar surface area (TPSA) is 92.3 Å². The van der Waals surface area contributed by atoms with Gasteiger partial charge in [-0.25, -0.2) is 0 Å². The number of halogens is 1. The third-order valence-corrected chi connectivity index (χ3v) is 4.31. The maximum absolute atomic E-state index is 12.9. The van der Waals surface area contributed by atoms with Crippen LogP contribution in [0.15, 0.2) is 29.2 Å². The Morgan fingerprint density at radius 2 is 1.72 bits per heavy atom. The predicted octanol–water partition coefficient (Wildman–Crippen LogP) is 0.753. The Balaban J connectivity index is 2.29. The number of nitrogens with one attached hydrogen (secondary N) is 2. The van der Waals surface area contributed by atoms with Crippen LogP contribution in [-0.4, -0.2) is 22.9 Å². The molecular weight excluding hydrogens is 283 g/mol. The normalized spacial score (nSPS) is 16.5. The van der Waals surface area contributed by atoms with E-state index in [1.165, 1.54) is 18.2 Å². The molecule has 1 aromatic carbocycles. The van der Waals surface area contributed by atoms with Crippen LogP contribution < -0.4 is 9.44 Å². The highest BCUT2D eigenvalue weighted by Crippen LogP contribution is 2.25. The predicted molar refractivity (Wildman–Crippen MR) is 63.4 cm³/mol. The minimum Gasteiger partial charge on any atom is -0.270 e. The zero-order valence-corrected chi connectivity index (χ0v) is 10.8. The van der Waals surface area contributed by atoms with Crippen LogP contribution in [-0.2, 0) is 20.4 Å². The van der Waals surface area contributed by atoms with E-state index in [9.17, 15) is 20.7 Å². The molecule has 1 aromatic rings. The Bertz CT molecular complexity index is 653. The zero-order chi connectivity index (χ0) is 13.4. The fraction of sp³-hybridized carbons (Fsp3) is 0.333. The Hall–Kier alpha value is -1.19. The van der Waals surface area contributed by atoms with E-state index in [4.69, 9.17) is 0 Å². The first-order chi connectivity index (χ1) is 8.28. The number of hydrogen-bond donors (Lipinski definition) is 2. The van der Waals surface area contributed by atoms with Crippen LogP contribution in [0.3, 0.4) is 0 Å². The third kappa shape index (κ3) is 3.40. The number of hydrogen-bond acceptors (Lipinski definition) is 4. The molecule has 0 aliphatic heterocycles. The van der Waals surface area contributed by atoms with E-state index >= 15 is 0 Å². The number of rotatable bonds is 5. The summed E-state index contributed by atoms with van der Waals surface area (Å²) < 4.78 is 62.1. The molecule has 0 bridgehead atoms. The Labute approximate surface area is 105 Å². The van der Waals surface area contributed by atoms with E-state index in [1.54, 1.807) is 0 Å². The van der Waals surface area contributed by atoms with E-state index in [1.807, 2.05) is 4.72 Å². The van der Waals surface area contributed by atoms with Crippen molar-refractivity contribution in [2.24, 2.45) is 0 Å². The molecule has 0 aromatic heterocycles. The number of anilines is 1. The van der Waals surface area contributed by atoms with E-state index < -0.39 is 25.3 Å². The fourth-order valence-corrected chi connectivity index (χ4v) is 3.25. The fourth-order valence-electron chi connectivity index (χ4n) is 1.36. The van der Waals surface area contributed by atoms with Gasteiger partial charge >= 0.3 is 10.2 Å². The van der Waals surface area contributed by atoms with E-state index in [0.717, 1.165) is 18.9 Å². The molecule has 18 heavy (non-hydrogen) atoms. The molecule has 100 valence electrons. The molecule has 1 saturated carbocycles. The van der Waals surface area contributed by atoms with Gasteiger partial charge < -0.3 is 0 Å². The standard InChI is InChI=1S/C9H11FN2O4S2/c10-17(13,14)9-4-2-1-3-8(9)12-18(15,16)11-7-5-6-7/h1-4,7,11-12H,5-6H2. The first-order valence-corrected chi connectivity index (χ1v) is 7.98. The quantitative estimate of drug-likeness (QED) is 0.784. The minimum absolute atomic E-state index is 0.128. The zero-order valence-electron chi connectivity index (χ0n) is 9.13. The third-order valence-electron chi connectivity index (χ3n) is 2.29. The largest absolute Gasteiger partial charge is 0.334 e. The molecule has 0 atom stereocenters. The first-order valence-electron chi connectivity index (χ1n) is 5.12. The average Bonchev–Trinajstić information content (AvgIpc) is 2.99. The molecule has 2 rings (SSSR count). The Morgan fingerprint density at radius 1 is 1.11 bits per heavy atom. The molecule has 1 aliphatic rings. The summed E-state index contributed by atoms with van der Waals surface area (Å²) in [5.41, 5.74) is -0.312. The van der Waals surface area contributed by atoms with Crippen LogP contribution in [0.25, 0.3) is 0 Å². The van der Waals surface area contributed by atoms with Gasteiger partial charge in [0.2, 0.25) is 0 Å². The second-order valence-corrected chi connectivity index (χ2v) is 6.69. The maximum atomic E-state index is 12.9. The van der Waals surface area contributed by atoms with E-state index in [2.05, 4.69) is 4.72 Å². The highest BCUT2D eigenvalue weighted by Gasteiger charge is 2.28. The molecule has 2 N–H and O–H groups in total. The molecule has 0 radical (unpaired) electrons. The van der Waals surface area contributed by atoms with Crippen molar-refractivity contribution in [2.75, 3.05) is 4.72 Å². The summed E-state index contributed by atoms with van der Waals surface area (Å²) in [7, 11) is -8.86. The van der Waals surface area contributed by atoms with Gasteiger partial charge in [0, 0.05) is 6.04 Å². The van der Waals surface area contributed by atoms with Gasteiger partial charge in [-0.2, -0.15) is 21.6 Å². The van der Waals surface area contributed by atoms with Crippen molar-refractivity contribution in [1.82, 2.24) is 4.72 Å². The van der Waals surface area contributed by atoms with Crippen molar-refractivity contribution in [3.63, 3.8) is 0 Å². The van der Waals surface area contributed by atoms with E-state index in [0.29, 0.717) is 0 Å². The summed E-state index contributed by atoms with van der Waals surface area (Å²) in [4.78, 5) is -0.703. The van der Waals surface area contributed by atoms with Gasteiger partial charge in [0.25, 0.3) is 10.2 Å². The SMILES string of the molecule is O=S(=O)(Nc1ccccc1S(=O)(=O)F)NC1CC1. The summed E-state index contributed by atoms with van der Waals surface area (Å²) in [6.07, 6.45) is 1.48. The highest BCUT2D eigenvalue weighted by atomic mass is 32.3. The Kier molecular flexibility index (Phi) is 3.30. The highest BCUT2D eigenvalue weighted by molar-refractivity contribution is 7.91. The van der Waals surface area contributed by atoms with Crippen molar-refractivity contribution in [2.45, 2.75) is 23.8 Å². The Morgan fingerprint density at radius 3 is 2.28 bits per heavy atom. The molecule has 0 saturated heterocycles. The van der Waals surface area contributed by atoms with Crippen LogP contribution in [0, 0.1) is 0 Å². The van der Waals surface area contributed by atoms with Gasteiger partial charge in [-0.3, -0.25) is 4.72 Å². The van der Waals surface area contributed by atoms with Gasteiger partial charge in [-0.05, 0) is 25.0 Å². The molecule has 0 amide bonds. The van der Waals surface area contributed by atoms with Crippen molar-refractivity contribution in [3.8, 4) is 0 Å². The molecule has 6 nitrogen and oxygen atoms in total. The van der Waals surface area contributed by atoms with Gasteiger partial charge in [0.1, 0.15) is 4.90 Å². The van der Waals surface area contributed by atoms with E-state index in [-0.39, 0.29) is 11.7 Å². The molecule has 0 spiro atoms. The molecule has 0 unspecified atom stereocenters. The summed E-state index contributed by atoms with van der Waals surface area (Å²) >= 11 is 0. The molecule has 1 aliphatic carbocycles. The van der Waals surface area contributed by atoms with Gasteiger partial charge in [-0.1, -0.05) is 12.1 Å².